The van der Waals surface area contributed by atoms with Gasteiger partial charge in [-0.25, -0.2) is 9.78 Å². The summed E-state index contributed by atoms with van der Waals surface area (Å²) in [6, 6.07) is 0. The molecule has 100 valence electrons. The van der Waals surface area contributed by atoms with Crippen molar-refractivity contribution in [2.75, 3.05) is 0 Å². The lowest BCUT2D eigenvalue weighted by molar-refractivity contribution is 0.110. The number of aromatic nitrogens is 4. The van der Waals surface area contributed by atoms with Crippen molar-refractivity contribution in [2.45, 2.75) is 13.0 Å². The molecule has 0 aliphatic rings. The zero-order chi connectivity index (χ0) is 14.2. The van der Waals surface area contributed by atoms with Gasteiger partial charge >= 0.3 is 11.2 Å². The molecule has 0 saturated carbocycles. The van der Waals surface area contributed by atoms with E-state index < -0.39 is 11.2 Å². The third kappa shape index (κ3) is 1.73. The van der Waals surface area contributed by atoms with E-state index in [1.807, 2.05) is 0 Å². The second-order valence-electron chi connectivity index (χ2n) is 3.80. The van der Waals surface area contributed by atoms with Crippen LogP contribution in [0.3, 0.4) is 0 Å². The normalized spacial score (nSPS) is 10.7. The molecule has 8 heteroatoms. The maximum atomic E-state index is 11.9. The first-order valence-corrected chi connectivity index (χ1v) is 5.40. The van der Waals surface area contributed by atoms with Crippen molar-refractivity contribution in [1.82, 2.24) is 19.0 Å². The lowest BCUT2D eigenvalue weighted by Crippen LogP contribution is -2.38. The molecular formula is C11H12N4O4. The van der Waals surface area contributed by atoms with Crippen LogP contribution in [0.5, 0.6) is 0 Å². The number of imidazole rings is 1. The van der Waals surface area contributed by atoms with Gasteiger partial charge in [-0.15, -0.1) is 17.9 Å². The molecule has 2 aromatic heterocycles. The predicted molar refractivity (Wildman–Crippen MR) is 66.7 cm³/mol. The van der Waals surface area contributed by atoms with Crippen LogP contribution in [-0.2, 0) is 13.0 Å². The SMILES string of the molecule is C=CCc1nc2c(c(=O)n(O)c(=O)n2O)n1CC=C. The van der Waals surface area contributed by atoms with Gasteiger partial charge in [0.25, 0.3) is 0 Å². The van der Waals surface area contributed by atoms with Gasteiger partial charge in [0.1, 0.15) is 5.82 Å². The number of hydrogen-bond donors (Lipinski definition) is 2. The van der Waals surface area contributed by atoms with E-state index >= 15 is 0 Å². The molecule has 0 aliphatic carbocycles. The summed E-state index contributed by atoms with van der Waals surface area (Å²) in [6.07, 6.45) is 3.43. The first kappa shape index (κ1) is 12.7. The Morgan fingerprint density at radius 3 is 2.42 bits per heavy atom. The monoisotopic (exact) mass is 264 g/mol. The Hall–Kier alpha value is -2.77. The van der Waals surface area contributed by atoms with E-state index in [1.165, 1.54) is 10.6 Å². The average Bonchev–Trinajstić information content (AvgIpc) is 2.74. The molecule has 0 fully saturated rings. The van der Waals surface area contributed by atoms with Gasteiger partial charge in [-0.2, -0.15) is 0 Å². The fourth-order valence-corrected chi connectivity index (χ4v) is 1.82. The highest BCUT2D eigenvalue weighted by Crippen LogP contribution is 2.11. The van der Waals surface area contributed by atoms with Crippen LogP contribution < -0.4 is 11.2 Å². The molecule has 0 aromatic carbocycles. The Bertz CT molecular complexity index is 781. The molecule has 0 atom stereocenters. The minimum atomic E-state index is -1.27. The van der Waals surface area contributed by atoms with Crippen molar-refractivity contribution >= 4 is 11.2 Å². The molecule has 2 aromatic rings. The molecule has 0 saturated heterocycles. The molecule has 2 N–H and O–H groups in total. The van der Waals surface area contributed by atoms with E-state index in [-0.39, 0.29) is 27.2 Å². The van der Waals surface area contributed by atoms with Crippen LogP contribution in [0.15, 0.2) is 34.9 Å². The van der Waals surface area contributed by atoms with Crippen LogP contribution in [-0.4, -0.2) is 29.4 Å². The minimum Gasteiger partial charge on any atom is -0.422 e. The van der Waals surface area contributed by atoms with Gasteiger partial charge < -0.3 is 15.0 Å². The van der Waals surface area contributed by atoms with E-state index in [1.54, 1.807) is 6.08 Å². The summed E-state index contributed by atoms with van der Waals surface area (Å²) in [6.45, 7) is 7.37. The molecule has 0 aliphatic heterocycles. The molecule has 2 rings (SSSR count). The fourth-order valence-electron chi connectivity index (χ4n) is 1.82. The number of hydrogen-bond acceptors (Lipinski definition) is 5. The van der Waals surface area contributed by atoms with Crippen molar-refractivity contribution < 1.29 is 10.4 Å². The van der Waals surface area contributed by atoms with E-state index in [9.17, 15) is 20.0 Å². The summed E-state index contributed by atoms with van der Waals surface area (Å²) >= 11 is 0. The number of fused-ring (bicyclic) bond motifs is 1. The summed E-state index contributed by atoms with van der Waals surface area (Å²) in [4.78, 5) is 27.3. The van der Waals surface area contributed by atoms with Crippen LogP contribution >= 0.6 is 0 Å². The van der Waals surface area contributed by atoms with E-state index in [4.69, 9.17) is 0 Å². The van der Waals surface area contributed by atoms with Crippen LogP contribution in [0.25, 0.3) is 11.2 Å². The van der Waals surface area contributed by atoms with Gasteiger partial charge in [-0.05, 0) is 0 Å². The van der Waals surface area contributed by atoms with Crippen molar-refractivity contribution in [2.24, 2.45) is 0 Å². The van der Waals surface area contributed by atoms with Gasteiger partial charge in [-0.3, -0.25) is 4.79 Å². The average molecular weight is 264 g/mol. The second-order valence-corrected chi connectivity index (χ2v) is 3.80. The minimum absolute atomic E-state index is 0.0821. The topological polar surface area (TPSA) is 102 Å². The van der Waals surface area contributed by atoms with Crippen LogP contribution in [0, 0.1) is 0 Å². The standard InChI is InChI=1S/C11H12N4O4/c1-3-5-7-12-9-8(13(7)6-4-2)10(16)15(19)11(17)14(9)18/h3-4,18-19H,1-2,5-6H2. The largest absolute Gasteiger partial charge is 0.422 e. The number of allylic oxidation sites excluding steroid dienone is 2. The quantitative estimate of drug-likeness (QED) is 0.585. The molecule has 0 amide bonds. The summed E-state index contributed by atoms with van der Waals surface area (Å²) in [7, 11) is 0. The maximum Gasteiger partial charge on any atom is 0.399 e. The van der Waals surface area contributed by atoms with Gasteiger partial charge in [0, 0.05) is 13.0 Å². The lowest BCUT2D eigenvalue weighted by Gasteiger charge is -2.04. The highest BCUT2D eigenvalue weighted by atomic mass is 16.5. The maximum absolute atomic E-state index is 11.9. The first-order chi connectivity index (χ1) is 9.02. The van der Waals surface area contributed by atoms with E-state index in [2.05, 4.69) is 18.1 Å². The molecule has 2 heterocycles. The zero-order valence-corrected chi connectivity index (χ0v) is 9.98. The van der Waals surface area contributed by atoms with Crippen LogP contribution in [0.1, 0.15) is 5.82 Å². The summed E-state index contributed by atoms with van der Waals surface area (Å²) in [5, 5.41) is 18.9. The number of rotatable bonds is 4. The Kier molecular flexibility index (Phi) is 2.99. The van der Waals surface area contributed by atoms with E-state index in [0.717, 1.165) is 0 Å². The Morgan fingerprint density at radius 1 is 1.16 bits per heavy atom. The Morgan fingerprint density at radius 2 is 1.84 bits per heavy atom. The van der Waals surface area contributed by atoms with Gasteiger partial charge in [0.05, 0.1) is 0 Å². The molecule has 0 bridgehead atoms. The molecular weight excluding hydrogens is 252 g/mol. The summed E-state index contributed by atoms with van der Waals surface area (Å²) in [5.74, 6) is 0.426. The third-order valence-electron chi connectivity index (χ3n) is 2.62. The molecule has 0 spiro atoms. The van der Waals surface area contributed by atoms with Gasteiger partial charge in [-0.1, -0.05) is 16.9 Å². The van der Waals surface area contributed by atoms with Gasteiger partial charge in [0.2, 0.25) is 5.65 Å². The summed E-state index contributed by atoms with van der Waals surface area (Å²) < 4.78 is 1.41. The smallest absolute Gasteiger partial charge is 0.399 e. The Balaban J connectivity index is 2.99. The van der Waals surface area contributed by atoms with Crippen molar-refractivity contribution in [3.05, 3.63) is 52.0 Å². The van der Waals surface area contributed by atoms with Crippen LogP contribution in [0.4, 0.5) is 0 Å². The molecule has 19 heavy (non-hydrogen) atoms. The van der Waals surface area contributed by atoms with Crippen molar-refractivity contribution in [3.63, 3.8) is 0 Å². The van der Waals surface area contributed by atoms with Gasteiger partial charge in [0.15, 0.2) is 5.52 Å². The zero-order valence-electron chi connectivity index (χ0n) is 9.98. The molecule has 0 radical (unpaired) electrons. The predicted octanol–water partition coefficient (Wildman–Crippen LogP) is -0.251. The first-order valence-electron chi connectivity index (χ1n) is 5.40. The highest BCUT2D eigenvalue weighted by molar-refractivity contribution is 5.70. The fraction of sp³-hybridized carbons (Fsp3) is 0.182. The highest BCUT2D eigenvalue weighted by Gasteiger charge is 2.20. The van der Waals surface area contributed by atoms with Crippen molar-refractivity contribution in [1.29, 1.82) is 0 Å². The van der Waals surface area contributed by atoms with Crippen molar-refractivity contribution in [3.8, 4) is 0 Å². The molecule has 8 nitrogen and oxygen atoms in total. The summed E-state index contributed by atoms with van der Waals surface area (Å²) in [5.41, 5.74) is -2.51. The Labute approximate surface area is 106 Å². The van der Waals surface area contributed by atoms with E-state index in [0.29, 0.717) is 12.2 Å². The third-order valence-corrected chi connectivity index (χ3v) is 2.62. The van der Waals surface area contributed by atoms with Crippen LogP contribution in [0.2, 0.25) is 0 Å². The molecule has 0 unspecified atom stereocenters. The second kappa shape index (κ2) is 4.48. The number of nitrogens with zero attached hydrogens (tertiary/aromatic N) is 4. The lowest BCUT2D eigenvalue weighted by atomic mass is 10.4.